The Bertz CT molecular complexity index is 420. The van der Waals surface area contributed by atoms with Crippen molar-refractivity contribution in [2.75, 3.05) is 0 Å². The van der Waals surface area contributed by atoms with Crippen LogP contribution in [-0.2, 0) is 13.2 Å². The van der Waals surface area contributed by atoms with Crippen molar-refractivity contribution in [3.8, 4) is 6.07 Å². The van der Waals surface area contributed by atoms with Gasteiger partial charge in [-0.25, -0.2) is 0 Å². The molecule has 0 aliphatic carbocycles. The third-order valence-corrected chi connectivity index (χ3v) is 1.72. The van der Waals surface area contributed by atoms with Crippen molar-refractivity contribution in [3.05, 3.63) is 11.4 Å². The van der Waals surface area contributed by atoms with Crippen molar-refractivity contribution in [3.63, 3.8) is 0 Å². The molecule has 1 heterocycles. The SMILES string of the molecule is Cn1nc(C(F)(F)F)c(B(O)O)c1C#N. The maximum atomic E-state index is 12.3. The minimum Gasteiger partial charge on any atom is -0.423 e. The Hall–Kier alpha value is -1.53. The minimum atomic E-state index is -4.83. The Morgan fingerprint density at radius 3 is 2.33 bits per heavy atom. The van der Waals surface area contributed by atoms with E-state index in [9.17, 15) is 13.2 Å². The zero-order valence-electron chi connectivity index (χ0n) is 7.45. The van der Waals surface area contributed by atoms with Gasteiger partial charge in [0, 0.05) is 7.05 Å². The number of nitriles is 1. The lowest BCUT2D eigenvalue weighted by Crippen LogP contribution is -2.36. The fraction of sp³-hybridized carbons (Fsp3) is 0.333. The highest BCUT2D eigenvalue weighted by Crippen LogP contribution is 2.27. The normalized spacial score (nSPS) is 11.3. The molecule has 1 aromatic heterocycles. The number of aryl methyl sites for hydroxylation is 1. The zero-order chi connectivity index (χ0) is 11.8. The van der Waals surface area contributed by atoms with Crippen molar-refractivity contribution in [2.24, 2.45) is 7.05 Å². The highest BCUT2D eigenvalue weighted by molar-refractivity contribution is 6.59. The van der Waals surface area contributed by atoms with E-state index < -0.39 is 30.1 Å². The maximum Gasteiger partial charge on any atom is 0.493 e. The second-order valence-electron chi connectivity index (χ2n) is 2.72. The molecule has 9 heteroatoms. The highest BCUT2D eigenvalue weighted by Gasteiger charge is 2.42. The molecule has 0 saturated carbocycles. The predicted octanol–water partition coefficient (Wildman–Crippen LogP) is -1.01. The first-order chi connectivity index (χ1) is 6.79. The first kappa shape index (κ1) is 11.5. The molecule has 1 rings (SSSR count). The lowest BCUT2D eigenvalue weighted by atomic mass is 9.78. The molecular formula is C6H5BF3N3O2. The lowest BCUT2D eigenvalue weighted by molar-refractivity contribution is -0.140. The molecule has 2 N–H and O–H groups in total. The van der Waals surface area contributed by atoms with Crippen molar-refractivity contribution in [1.82, 2.24) is 9.78 Å². The molecule has 0 atom stereocenters. The molecule has 1 aromatic rings. The third kappa shape index (κ3) is 1.95. The molecule has 0 bridgehead atoms. The first-order valence-electron chi connectivity index (χ1n) is 3.69. The van der Waals surface area contributed by atoms with E-state index >= 15 is 0 Å². The van der Waals surface area contributed by atoms with Gasteiger partial charge in [-0.2, -0.15) is 23.5 Å². The Morgan fingerprint density at radius 1 is 1.47 bits per heavy atom. The number of nitrogens with zero attached hydrogens (tertiary/aromatic N) is 3. The van der Waals surface area contributed by atoms with Crippen LogP contribution in [0.2, 0.25) is 0 Å². The maximum absolute atomic E-state index is 12.3. The van der Waals surface area contributed by atoms with Gasteiger partial charge in [-0.15, -0.1) is 0 Å². The standard InChI is InChI=1S/C6H5BF3N3O2/c1-13-3(2-11)4(7(14)15)5(12-13)6(8,9)10/h14-15H,1H3. The van der Waals surface area contributed by atoms with Gasteiger partial charge in [0.05, 0.1) is 5.46 Å². The van der Waals surface area contributed by atoms with E-state index in [1.807, 2.05) is 0 Å². The quantitative estimate of drug-likeness (QED) is 0.593. The van der Waals surface area contributed by atoms with Crippen molar-refractivity contribution < 1.29 is 23.2 Å². The molecule has 0 aliphatic heterocycles. The molecule has 0 saturated heterocycles. The van der Waals surface area contributed by atoms with Gasteiger partial charge in [0.1, 0.15) is 11.8 Å². The van der Waals surface area contributed by atoms with Crippen LogP contribution in [0, 0.1) is 11.3 Å². The van der Waals surface area contributed by atoms with Crippen molar-refractivity contribution in [2.45, 2.75) is 6.18 Å². The fourth-order valence-corrected chi connectivity index (χ4v) is 1.13. The minimum absolute atomic E-state index is 0.530. The Labute approximate surface area is 82.5 Å². The summed E-state index contributed by atoms with van der Waals surface area (Å²) < 4.78 is 37.6. The van der Waals surface area contributed by atoms with Crippen LogP contribution in [0.15, 0.2) is 0 Å². The summed E-state index contributed by atoms with van der Waals surface area (Å²) in [6, 6.07) is 1.42. The fourth-order valence-electron chi connectivity index (χ4n) is 1.13. The third-order valence-electron chi connectivity index (χ3n) is 1.72. The number of rotatable bonds is 1. The predicted molar refractivity (Wildman–Crippen MR) is 42.8 cm³/mol. The van der Waals surface area contributed by atoms with Crippen molar-refractivity contribution >= 4 is 12.6 Å². The number of halogens is 3. The monoisotopic (exact) mass is 219 g/mol. The second-order valence-corrected chi connectivity index (χ2v) is 2.72. The summed E-state index contributed by atoms with van der Waals surface area (Å²) in [7, 11) is -1.27. The van der Waals surface area contributed by atoms with Gasteiger partial charge in [0.25, 0.3) is 0 Å². The lowest BCUT2D eigenvalue weighted by Gasteiger charge is -2.04. The molecule has 0 unspecified atom stereocenters. The number of aromatic nitrogens is 2. The van der Waals surface area contributed by atoms with Crippen molar-refractivity contribution in [1.29, 1.82) is 5.26 Å². The van der Waals surface area contributed by atoms with E-state index in [2.05, 4.69) is 5.10 Å². The molecule has 5 nitrogen and oxygen atoms in total. The first-order valence-corrected chi connectivity index (χ1v) is 3.69. The summed E-state index contributed by atoms with van der Waals surface area (Å²) in [5.74, 6) is 0. The molecule has 0 fully saturated rings. The van der Waals surface area contributed by atoms with E-state index in [0.717, 1.165) is 7.05 Å². The molecule has 0 aromatic carbocycles. The number of alkyl halides is 3. The van der Waals surface area contributed by atoms with Crippen LogP contribution in [0.1, 0.15) is 11.4 Å². The molecule has 0 aliphatic rings. The van der Waals surface area contributed by atoms with Gasteiger partial charge >= 0.3 is 13.3 Å². The van der Waals surface area contributed by atoms with Crippen LogP contribution >= 0.6 is 0 Å². The van der Waals surface area contributed by atoms with Crippen LogP contribution in [0.3, 0.4) is 0 Å². The van der Waals surface area contributed by atoms with E-state index in [0.29, 0.717) is 4.68 Å². The number of hydrogen-bond donors (Lipinski definition) is 2. The second kappa shape index (κ2) is 3.56. The smallest absolute Gasteiger partial charge is 0.423 e. The van der Waals surface area contributed by atoms with Gasteiger partial charge in [-0.1, -0.05) is 0 Å². The number of hydrogen-bond acceptors (Lipinski definition) is 4. The largest absolute Gasteiger partial charge is 0.493 e. The van der Waals surface area contributed by atoms with Gasteiger partial charge in [0.15, 0.2) is 5.69 Å². The topological polar surface area (TPSA) is 82.1 Å². The van der Waals surface area contributed by atoms with Gasteiger partial charge in [0.2, 0.25) is 0 Å². The van der Waals surface area contributed by atoms with E-state index in [1.165, 1.54) is 6.07 Å². The highest BCUT2D eigenvalue weighted by atomic mass is 19.4. The van der Waals surface area contributed by atoms with Gasteiger partial charge in [-0.05, 0) is 0 Å². The van der Waals surface area contributed by atoms with Crippen LogP contribution in [0.25, 0.3) is 0 Å². The van der Waals surface area contributed by atoms with Gasteiger partial charge in [-0.3, -0.25) is 4.68 Å². The van der Waals surface area contributed by atoms with Crippen LogP contribution in [-0.4, -0.2) is 26.9 Å². The molecular weight excluding hydrogens is 214 g/mol. The summed E-state index contributed by atoms with van der Waals surface area (Å²) >= 11 is 0. The molecule has 0 radical (unpaired) electrons. The average Bonchev–Trinajstić information content (AvgIpc) is 2.41. The summed E-state index contributed by atoms with van der Waals surface area (Å²) in [5, 5.41) is 29.0. The van der Waals surface area contributed by atoms with E-state index in [-0.39, 0.29) is 0 Å². The van der Waals surface area contributed by atoms with E-state index in [1.54, 1.807) is 0 Å². The Balaban J connectivity index is 3.49. The Kier molecular flexibility index (Phi) is 2.74. The summed E-state index contributed by atoms with van der Waals surface area (Å²) in [5.41, 5.74) is -2.92. The van der Waals surface area contributed by atoms with Crippen LogP contribution < -0.4 is 5.46 Å². The van der Waals surface area contributed by atoms with Crippen LogP contribution in [0.5, 0.6) is 0 Å². The van der Waals surface area contributed by atoms with E-state index in [4.69, 9.17) is 15.3 Å². The van der Waals surface area contributed by atoms with Gasteiger partial charge < -0.3 is 10.0 Å². The molecule has 0 spiro atoms. The summed E-state index contributed by atoms with van der Waals surface area (Å²) in [4.78, 5) is 0. The molecule has 0 amide bonds. The zero-order valence-corrected chi connectivity index (χ0v) is 7.45. The summed E-state index contributed by atoms with van der Waals surface area (Å²) in [6.45, 7) is 0. The van der Waals surface area contributed by atoms with Crippen LogP contribution in [0.4, 0.5) is 13.2 Å². The average molecular weight is 219 g/mol. The Morgan fingerprint density at radius 2 is 2.00 bits per heavy atom. The summed E-state index contributed by atoms with van der Waals surface area (Å²) in [6.07, 6.45) is -4.83. The molecule has 80 valence electrons. The molecule has 15 heavy (non-hydrogen) atoms.